The zero-order chi connectivity index (χ0) is 21.5. The summed E-state index contributed by atoms with van der Waals surface area (Å²) < 4.78 is 49.8. The lowest BCUT2D eigenvalue weighted by atomic mass is 9.96. The predicted molar refractivity (Wildman–Crippen MR) is 105 cm³/mol. The molecule has 0 saturated heterocycles. The minimum Gasteiger partial charge on any atom is -0.496 e. The van der Waals surface area contributed by atoms with E-state index in [-0.39, 0.29) is 0 Å². The third-order valence-electron chi connectivity index (χ3n) is 4.27. The summed E-state index contributed by atoms with van der Waals surface area (Å²) in [5.74, 6) is 0.137. The maximum Gasteiger partial charge on any atom is 0.416 e. The Hall–Kier alpha value is -2.76. The van der Waals surface area contributed by atoms with Crippen molar-refractivity contribution in [1.82, 2.24) is 0 Å². The molecule has 0 aliphatic carbocycles. The van der Waals surface area contributed by atoms with Crippen molar-refractivity contribution in [2.24, 2.45) is 0 Å². The fraction of sp³-hybridized carbons (Fsp3) is 0.318. The van der Waals surface area contributed by atoms with Crippen LogP contribution in [0.3, 0.4) is 0 Å². The average Bonchev–Trinajstić information content (AvgIpc) is 2.61. The topological polar surface area (TPSA) is 35.5 Å². The monoisotopic (exact) mass is 394 g/mol. The van der Waals surface area contributed by atoms with Gasteiger partial charge < -0.3 is 9.47 Å². The molecular weight excluding hydrogens is 369 g/mol. The van der Waals surface area contributed by atoms with E-state index in [0.29, 0.717) is 11.3 Å². The van der Waals surface area contributed by atoms with Gasteiger partial charge in [0.05, 0.1) is 19.8 Å². The first-order valence-corrected chi connectivity index (χ1v) is 8.56. The van der Waals surface area contributed by atoms with Crippen LogP contribution in [0.5, 0.6) is 5.75 Å². The molecule has 6 heteroatoms. The molecule has 0 spiro atoms. The second-order valence-corrected chi connectivity index (χ2v) is 6.28. The van der Waals surface area contributed by atoms with Crippen molar-refractivity contribution in [2.75, 3.05) is 14.2 Å². The molecule has 0 aliphatic rings. The Morgan fingerprint density at radius 1 is 1.07 bits per heavy atom. The van der Waals surface area contributed by atoms with Crippen LogP contribution in [0.2, 0.25) is 0 Å². The third kappa shape index (κ3) is 6.44. The molecule has 1 rings (SSSR count). The lowest BCUT2D eigenvalue weighted by Gasteiger charge is -2.14. The van der Waals surface area contributed by atoms with E-state index in [1.165, 1.54) is 31.4 Å². The summed E-state index contributed by atoms with van der Waals surface area (Å²) in [7, 11) is 2.79. The van der Waals surface area contributed by atoms with Gasteiger partial charge in [0.2, 0.25) is 0 Å². The Morgan fingerprint density at radius 3 is 2.25 bits per heavy atom. The van der Waals surface area contributed by atoms with Crippen molar-refractivity contribution < 1.29 is 27.4 Å². The second kappa shape index (κ2) is 9.97. The van der Waals surface area contributed by atoms with E-state index < -0.39 is 17.7 Å². The van der Waals surface area contributed by atoms with Gasteiger partial charge in [-0.15, -0.1) is 0 Å². The van der Waals surface area contributed by atoms with Crippen LogP contribution < -0.4 is 4.74 Å². The molecule has 0 amide bonds. The lowest BCUT2D eigenvalue weighted by Crippen LogP contribution is -2.09. The molecule has 0 aliphatic heterocycles. The molecule has 0 saturated carbocycles. The van der Waals surface area contributed by atoms with E-state index in [1.54, 1.807) is 20.1 Å². The molecule has 152 valence electrons. The number of carbonyl (C=O) groups is 1. The van der Waals surface area contributed by atoms with Crippen LogP contribution >= 0.6 is 0 Å². The van der Waals surface area contributed by atoms with E-state index in [4.69, 9.17) is 4.74 Å². The Labute approximate surface area is 163 Å². The van der Waals surface area contributed by atoms with Crippen LogP contribution in [0.25, 0.3) is 6.08 Å². The smallest absolute Gasteiger partial charge is 0.416 e. The van der Waals surface area contributed by atoms with Crippen LogP contribution in [0.4, 0.5) is 13.2 Å². The molecule has 0 N–H and O–H groups in total. The van der Waals surface area contributed by atoms with E-state index in [2.05, 4.69) is 4.74 Å². The van der Waals surface area contributed by atoms with Crippen LogP contribution in [-0.2, 0) is 9.53 Å². The van der Waals surface area contributed by atoms with Crippen molar-refractivity contribution in [1.29, 1.82) is 0 Å². The Balaban J connectivity index is 3.24. The number of ether oxygens (including phenoxy) is 2. The van der Waals surface area contributed by atoms with Gasteiger partial charge in [0.15, 0.2) is 0 Å². The minimum atomic E-state index is -4.51. The van der Waals surface area contributed by atoms with Crippen LogP contribution in [-0.4, -0.2) is 26.4 Å². The number of carbonyl (C=O) groups excluding carboxylic acids is 1. The summed E-state index contributed by atoms with van der Waals surface area (Å²) in [6.07, 6.45) is 2.81. The quantitative estimate of drug-likeness (QED) is 0.348. The SMILES string of the molecule is COC(=O)/C=C(C)/C=C/C=C(\C=C\c1c(C)cc(OC)c(C)c1C)C(F)(F)F. The number of aryl methyl sites for hydroxylation is 1. The number of allylic oxidation sites excluding steroid dienone is 6. The van der Waals surface area contributed by atoms with E-state index in [9.17, 15) is 18.0 Å². The summed E-state index contributed by atoms with van der Waals surface area (Å²) in [6, 6.07) is 1.81. The van der Waals surface area contributed by atoms with E-state index in [1.807, 2.05) is 20.8 Å². The summed E-state index contributed by atoms with van der Waals surface area (Å²) in [4.78, 5) is 11.1. The summed E-state index contributed by atoms with van der Waals surface area (Å²) in [5.41, 5.74) is 2.97. The van der Waals surface area contributed by atoms with Crippen molar-refractivity contribution in [3.8, 4) is 5.75 Å². The second-order valence-electron chi connectivity index (χ2n) is 6.28. The fourth-order valence-electron chi connectivity index (χ4n) is 2.55. The van der Waals surface area contributed by atoms with Gasteiger partial charge in [0.25, 0.3) is 0 Å². The van der Waals surface area contributed by atoms with E-state index >= 15 is 0 Å². The van der Waals surface area contributed by atoms with Gasteiger partial charge in [0, 0.05) is 6.08 Å². The minimum absolute atomic E-state index is 0.478. The van der Waals surface area contributed by atoms with Gasteiger partial charge in [-0.3, -0.25) is 0 Å². The summed E-state index contributed by atoms with van der Waals surface area (Å²) in [5, 5.41) is 0. The summed E-state index contributed by atoms with van der Waals surface area (Å²) >= 11 is 0. The molecule has 0 radical (unpaired) electrons. The van der Waals surface area contributed by atoms with Gasteiger partial charge in [-0.2, -0.15) is 13.2 Å². The standard InChI is InChI=1S/C22H25F3O3/c1-14(12-21(26)28-6)8-7-9-18(22(23,24)25)10-11-19-15(2)13-20(27-5)17(4)16(19)3/h7-13H,1-6H3/b8-7+,11-10+,14-12+,18-9+. The number of halogens is 3. The fourth-order valence-corrected chi connectivity index (χ4v) is 2.55. The predicted octanol–water partition coefficient (Wildman–Crippen LogP) is 5.80. The highest BCUT2D eigenvalue weighted by Gasteiger charge is 2.31. The molecule has 1 aromatic rings. The van der Waals surface area contributed by atoms with Crippen LogP contribution in [0.1, 0.15) is 29.2 Å². The number of methoxy groups -OCH3 is 2. The normalized spacial score (nSPS) is 13.5. The number of hydrogen-bond donors (Lipinski definition) is 0. The highest BCUT2D eigenvalue weighted by Crippen LogP contribution is 2.31. The third-order valence-corrected chi connectivity index (χ3v) is 4.27. The van der Waals surface area contributed by atoms with Crippen molar-refractivity contribution in [3.05, 3.63) is 69.8 Å². The lowest BCUT2D eigenvalue weighted by molar-refractivity contribution is -0.134. The molecule has 0 fully saturated rings. The molecule has 1 aromatic carbocycles. The first-order chi connectivity index (χ1) is 13.0. The molecule has 28 heavy (non-hydrogen) atoms. The van der Waals surface area contributed by atoms with Crippen molar-refractivity contribution in [3.63, 3.8) is 0 Å². The Bertz CT molecular complexity index is 842. The maximum absolute atomic E-state index is 13.3. The van der Waals surface area contributed by atoms with Crippen molar-refractivity contribution >= 4 is 12.0 Å². The number of benzene rings is 1. The van der Waals surface area contributed by atoms with Gasteiger partial charge in [-0.1, -0.05) is 24.3 Å². The molecule has 3 nitrogen and oxygen atoms in total. The number of esters is 1. The average molecular weight is 394 g/mol. The number of rotatable bonds is 6. The van der Waals surface area contributed by atoms with Gasteiger partial charge in [-0.25, -0.2) is 4.79 Å². The first-order valence-electron chi connectivity index (χ1n) is 8.56. The molecule has 0 heterocycles. The molecule has 0 aromatic heterocycles. The molecular formula is C22H25F3O3. The Kier molecular flexibility index (Phi) is 8.29. The highest BCUT2D eigenvalue weighted by atomic mass is 19.4. The Morgan fingerprint density at radius 2 is 1.71 bits per heavy atom. The highest BCUT2D eigenvalue weighted by molar-refractivity contribution is 5.83. The summed E-state index contributed by atoms with van der Waals surface area (Å²) in [6.45, 7) is 7.14. The number of hydrogen-bond acceptors (Lipinski definition) is 3. The van der Waals surface area contributed by atoms with Crippen LogP contribution in [0, 0.1) is 20.8 Å². The van der Waals surface area contributed by atoms with Gasteiger partial charge in [0.1, 0.15) is 5.75 Å². The zero-order valence-corrected chi connectivity index (χ0v) is 16.9. The van der Waals surface area contributed by atoms with E-state index in [0.717, 1.165) is 34.4 Å². The number of alkyl halides is 3. The molecule has 0 atom stereocenters. The molecule has 0 bridgehead atoms. The largest absolute Gasteiger partial charge is 0.496 e. The first kappa shape index (κ1) is 23.3. The van der Waals surface area contributed by atoms with Gasteiger partial charge in [-0.05, 0) is 67.7 Å². The molecule has 0 unspecified atom stereocenters. The zero-order valence-electron chi connectivity index (χ0n) is 16.9. The maximum atomic E-state index is 13.3. The van der Waals surface area contributed by atoms with Gasteiger partial charge >= 0.3 is 12.1 Å². The van der Waals surface area contributed by atoms with Crippen molar-refractivity contribution in [2.45, 2.75) is 33.9 Å². The van der Waals surface area contributed by atoms with Crippen LogP contribution in [0.15, 0.2) is 47.6 Å².